The quantitative estimate of drug-likeness (QED) is 0.787. The number of amides is 1. The summed E-state index contributed by atoms with van der Waals surface area (Å²) in [6.07, 6.45) is -4.44. The number of nitrogens with zero attached hydrogens (tertiary/aromatic N) is 3. The Morgan fingerprint density at radius 2 is 2.05 bits per heavy atom. The summed E-state index contributed by atoms with van der Waals surface area (Å²) in [5.41, 5.74) is 0. The van der Waals surface area contributed by atoms with Crippen LogP contribution in [0.1, 0.15) is 20.3 Å². The number of nitriles is 1. The summed E-state index contributed by atoms with van der Waals surface area (Å²) in [5.74, 6) is -0.244. The van der Waals surface area contributed by atoms with Gasteiger partial charge >= 0.3 is 6.18 Å². The maximum atomic E-state index is 12.4. The molecule has 0 aromatic carbocycles. The second kappa shape index (κ2) is 6.24. The van der Waals surface area contributed by atoms with Crippen LogP contribution in [-0.4, -0.2) is 54.1 Å². The average Bonchev–Trinajstić information content (AvgIpc) is 2.26. The zero-order chi connectivity index (χ0) is 14.6. The Morgan fingerprint density at radius 1 is 1.42 bits per heavy atom. The lowest BCUT2D eigenvalue weighted by Gasteiger charge is -2.43. The Kier molecular flexibility index (Phi) is 5.18. The summed E-state index contributed by atoms with van der Waals surface area (Å²) >= 11 is 0. The first-order valence-electron chi connectivity index (χ1n) is 6.20. The Hall–Kier alpha value is -1.29. The van der Waals surface area contributed by atoms with Gasteiger partial charge in [-0.05, 0) is 5.92 Å². The largest absolute Gasteiger partial charge is 0.401 e. The number of piperazine rings is 1. The van der Waals surface area contributed by atoms with E-state index in [1.54, 1.807) is 11.0 Å². The van der Waals surface area contributed by atoms with Crippen LogP contribution in [0, 0.1) is 17.2 Å². The Morgan fingerprint density at radius 3 is 2.53 bits per heavy atom. The molecule has 0 N–H and O–H groups in total. The highest BCUT2D eigenvalue weighted by molar-refractivity contribution is 5.78. The molecule has 1 amide bonds. The molecule has 1 rings (SSSR count). The minimum absolute atomic E-state index is 0.0543. The van der Waals surface area contributed by atoms with E-state index in [1.165, 1.54) is 4.90 Å². The van der Waals surface area contributed by atoms with Gasteiger partial charge in [0.1, 0.15) is 6.42 Å². The second-order valence-electron chi connectivity index (χ2n) is 5.08. The molecule has 1 saturated heterocycles. The van der Waals surface area contributed by atoms with E-state index in [0.29, 0.717) is 0 Å². The van der Waals surface area contributed by atoms with Crippen LogP contribution in [0.15, 0.2) is 0 Å². The maximum Gasteiger partial charge on any atom is 0.401 e. The van der Waals surface area contributed by atoms with E-state index < -0.39 is 12.7 Å². The molecule has 19 heavy (non-hydrogen) atoms. The SMILES string of the molecule is CC(C)[C@@H]1CN(CC(F)(F)F)CCN1C(=O)CC#N. The number of hydrogen-bond donors (Lipinski definition) is 0. The van der Waals surface area contributed by atoms with Gasteiger partial charge in [-0.2, -0.15) is 18.4 Å². The number of carbonyl (C=O) groups is 1. The second-order valence-corrected chi connectivity index (χ2v) is 5.08. The normalized spacial score (nSPS) is 21.5. The van der Waals surface area contributed by atoms with Gasteiger partial charge in [0.25, 0.3) is 0 Å². The van der Waals surface area contributed by atoms with E-state index in [2.05, 4.69) is 0 Å². The van der Waals surface area contributed by atoms with Crippen LogP contribution in [0.5, 0.6) is 0 Å². The highest BCUT2D eigenvalue weighted by Crippen LogP contribution is 2.22. The van der Waals surface area contributed by atoms with Crippen molar-refractivity contribution in [1.29, 1.82) is 5.26 Å². The molecule has 1 aliphatic rings. The number of carbonyl (C=O) groups excluding carboxylic acids is 1. The number of halogens is 3. The molecule has 1 atom stereocenters. The fraction of sp³-hybridized carbons (Fsp3) is 0.833. The molecule has 0 spiro atoms. The van der Waals surface area contributed by atoms with Gasteiger partial charge in [0, 0.05) is 25.7 Å². The molecule has 0 aromatic heterocycles. The van der Waals surface area contributed by atoms with Gasteiger partial charge in [0.2, 0.25) is 5.91 Å². The zero-order valence-corrected chi connectivity index (χ0v) is 11.1. The topological polar surface area (TPSA) is 47.3 Å². The average molecular weight is 277 g/mol. The third kappa shape index (κ3) is 4.71. The molecule has 0 bridgehead atoms. The molecule has 0 aromatic rings. The van der Waals surface area contributed by atoms with Gasteiger partial charge in [0.15, 0.2) is 0 Å². The van der Waals surface area contributed by atoms with E-state index >= 15 is 0 Å². The smallest absolute Gasteiger partial charge is 0.336 e. The first-order chi connectivity index (χ1) is 8.74. The molecule has 0 saturated carbocycles. The van der Waals surface area contributed by atoms with Crippen molar-refractivity contribution in [3.8, 4) is 6.07 Å². The highest BCUT2D eigenvalue weighted by atomic mass is 19.4. The van der Waals surface area contributed by atoms with E-state index in [0.717, 1.165) is 0 Å². The summed E-state index contributed by atoms with van der Waals surface area (Å²) in [7, 11) is 0. The molecule has 1 fully saturated rings. The number of alkyl halides is 3. The van der Waals surface area contributed by atoms with Crippen molar-refractivity contribution in [2.75, 3.05) is 26.2 Å². The third-order valence-electron chi connectivity index (χ3n) is 3.23. The first kappa shape index (κ1) is 15.8. The van der Waals surface area contributed by atoms with Crippen LogP contribution in [0.25, 0.3) is 0 Å². The minimum Gasteiger partial charge on any atom is -0.336 e. The van der Waals surface area contributed by atoms with Crippen LogP contribution in [0.2, 0.25) is 0 Å². The Labute approximate surface area is 110 Å². The van der Waals surface area contributed by atoms with Gasteiger partial charge in [-0.15, -0.1) is 0 Å². The van der Waals surface area contributed by atoms with E-state index in [-0.39, 0.29) is 43.9 Å². The van der Waals surface area contributed by atoms with Crippen LogP contribution in [0.4, 0.5) is 13.2 Å². The number of hydrogen-bond acceptors (Lipinski definition) is 3. The predicted octanol–water partition coefficient (Wildman–Crippen LogP) is 1.63. The van der Waals surface area contributed by atoms with Crippen molar-refractivity contribution < 1.29 is 18.0 Å². The minimum atomic E-state index is -4.22. The predicted molar refractivity (Wildman–Crippen MR) is 63.1 cm³/mol. The van der Waals surface area contributed by atoms with Crippen molar-refractivity contribution in [1.82, 2.24) is 9.80 Å². The van der Waals surface area contributed by atoms with Gasteiger partial charge in [-0.3, -0.25) is 9.69 Å². The van der Waals surface area contributed by atoms with E-state index in [4.69, 9.17) is 5.26 Å². The Bertz CT molecular complexity index is 362. The fourth-order valence-corrected chi connectivity index (χ4v) is 2.32. The van der Waals surface area contributed by atoms with Crippen molar-refractivity contribution >= 4 is 5.91 Å². The molecule has 4 nitrogen and oxygen atoms in total. The van der Waals surface area contributed by atoms with Crippen molar-refractivity contribution in [2.24, 2.45) is 5.92 Å². The molecule has 1 heterocycles. The summed E-state index contributed by atoms with van der Waals surface area (Å²) in [6, 6.07) is 1.52. The lowest BCUT2D eigenvalue weighted by atomic mass is 9.99. The monoisotopic (exact) mass is 277 g/mol. The molecule has 0 aliphatic carbocycles. The molecular formula is C12H18F3N3O. The molecular weight excluding hydrogens is 259 g/mol. The maximum absolute atomic E-state index is 12.4. The molecule has 0 unspecified atom stereocenters. The zero-order valence-electron chi connectivity index (χ0n) is 11.1. The summed E-state index contributed by atoms with van der Waals surface area (Å²) < 4.78 is 37.1. The molecule has 1 aliphatic heterocycles. The number of rotatable bonds is 3. The van der Waals surface area contributed by atoms with E-state index in [9.17, 15) is 18.0 Å². The fourth-order valence-electron chi connectivity index (χ4n) is 2.32. The lowest BCUT2D eigenvalue weighted by molar-refractivity contribution is -0.156. The third-order valence-corrected chi connectivity index (χ3v) is 3.23. The van der Waals surface area contributed by atoms with Crippen LogP contribution in [0.3, 0.4) is 0 Å². The van der Waals surface area contributed by atoms with Crippen LogP contribution in [-0.2, 0) is 4.79 Å². The Balaban J connectivity index is 2.70. The van der Waals surface area contributed by atoms with Crippen molar-refractivity contribution in [2.45, 2.75) is 32.5 Å². The van der Waals surface area contributed by atoms with Gasteiger partial charge in [-0.1, -0.05) is 13.8 Å². The van der Waals surface area contributed by atoms with Crippen molar-refractivity contribution in [3.63, 3.8) is 0 Å². The standard InChI is InChI=1S/C12H18F3N3O/c1-9(2)10-7-17(8-12(13,14)15)5-6-18(10)11(19)3-4-16/h9-10H,3,5-8H2,1-2H3/t10-/m0/s1. The molecule has 7 heteroatoms. The highest BCUT2D eigenvalue weighted by Gasteiger charge is 2.37. The summed E-state index contributed by atoms with van der Waals surface area (Å²) in [4.78, 5) is 14.6. The van der Waals surface area contributed by atoms with Crippen molar-refractivity contribution in [3.05, 3.63) is 0 Å². The van der Waals surface area contributed by atoms with Crippen LogP contribution >= 0.6 is 0 Å². The summed E-state index contributed by atoms with van der Waals surface area (Å²) in [5, 5.41) is 8.54. The van der Waals surface area contributed by atoms with E-state index in [1.807, 2.05) is 13.8 Å². The molecule has 0 radical (unpaired) electrons. The van der Waals surface area contributed by atoms with Gasteiger partial charge in [-0.25, -0.2) is 0 Å². The van der Waals surface area contributed by atoms with Gasteiger partial charge in [0.05, 0.1) is 12.6 Å². The molecule has 108 valence electrons. The lowest BCUT2D eigenvalue weighted by Crippen LogP contribution is -2.58. The van der Waals surface area contributed by atoms with Gasteiger partial charge < -0.3 is 4.90 Å². The van der Waals surface area contributed by atoms with Crippen LogP contribution < -0.4 is 0 Å². The first-order valence-corrected chi connectivity index (χ1v) is 6.20. The summed E-state index contributed by atoms with van der Waals surface area (Å²) in [6.45, 7) is 3.44.